The molecule has 14 nitrogen and oxygen atoms in total. The molecule has 2 heterocycles. The van der Waals surface area contributed by atoms with Gasteiger partial charge in [-0.15, -0.1) is 11.6 Å². The number of rotatable bonds is 10. The van der Waals surface area contributed by atoms with Crippen LogP contribution in [0.25, 0.3) is 0 Å². The van der Waals surface area contributed by atoms with Gasteiger partial charge in [0.2, 0.25) is 18.2 Å². The van der Waals surface area contributed by atoms with Crippen molar-refractivity contribution in [1.82, 2.24) is 20.9 Å². The number of aliphatic hydroxyl groups excluding tert-OH is 2. The first-order valence-electron chi connectivity index (χ1n) is 53.8. The van der Waals surface area contributed by atoms with Crippen molar-refractivity contribution < 1.29 is 94.9 Å². The van der Waals surface area contributed by atoms with Gasteiger partial charge in [-0.2, -0.15) is 34.8 Å². The smallest absolute Gasteiger partial charge is 0.388 e. The van der Waals surface area contributed by atoms with E-state index < -0.39 is 53.3 Å². The number of nitrogens with one attached hydrogen (secondary N) is 3. The molecule has 143 heavy (non-hydrogen) atoms. The molecular weight excluding hydrogens is 1890 g/mol. The molecule has 0 spiro atoms. The van der Waals surface area contributed by atoms with Gasteiger partial charge in [-0.25, -0.2) is 22.0 Å². The van der Waals surface area contributed by atoms with Gasteiger partial charge in [0.25, 0.3) is 16.0 Å². The molecule has 0 aromatic heterocycles. The van der Waals surface area contributed by atoms with Crippen LogP contribution in [0.1, 0.15) is 430 Å². The maximum Gasteiger partial charge on any atom is 0.388 e. The molecule has 27 heteroatoms. The topological polar surface area (TPSA) is 185 Å². The Morgan fingerprint density at radius 2 is 0.832 bits per heavy atom. The molecule has 8 aliphatic carbocycles. The van der Waals surface area contributed by atoms with Gasteiger partial charge in [0.1, 0.15) is 11.4 Å². The number of unbranched alkanes of at least 4 members (excludes halogenated alkanes) is 1. The summed E-state index contributed by atoms with van der Waals surface area (Å²) < 4.78 is 162. The quantitative estimate of drug-likeness (QED) is 0.0736. The van der Waals surface area contributed by atoms with Crippen LogP contribution in [0.4, 0.5) is 48.3 Å². The van der Waals surface area contributed by atoms with E-state index in [-0.39, 0.29) is 52.7 Å². The number of hydrogen-bond donors (Lipinski definition) is 5. The summed E-state index contributed by atoms with van der Waals surface area (Å²) in [6.07, 6.45) is 28.3. The van der Waals surface area contributed by atoms with Gasteiger partial charge >= 0.3 is 12.4 Å². The summed E-state index contributed by atoms with van der Waals surface area (Å²) in [6.45, 7) is 70.9. The minimum atomic E-state index is -3.96. The summed E-state index contributed by atoms with van der Waals surface area (Å²) in [7, 11) is 3.44. The van der Waals surface area contributed by atoms with E-state index in [1.54, 1.807) is 33.1 Å². The van der Waals surface area contributed by atoms with Gasteiger partial charge in [-0.3, -0.25) is 13.8 Å². The van der Waals surface area contributed by atoms with Crippen LogP contribution < -0.4 is 20.7 Å². The number of ether oxygens (including phenoxy) is 3. The van der Waals surface area contributed by atoms with E-state index in [1.165, 1.54) is 198 Å². The zero-order valence-corrected chi connectivity index (χ0v) is 99.5. The number of morpholine rings is 1. The summed E-state index contributed by atoms with van der Waals surface area (Å²) in [5, 5.41) is 24.8. The fraction of sp³-hybridized carbons (Fsp3) is 0.828. The molecule has 2 saturated heterocycles. The number of halogens is 12. The third-order valence-corrected chi connectivity index (χ3v) is 22.7. The normalized spacial score (nSPS) is 17.3. The molecule has 0 bridgehead atoms. The highest BCUT2D eigenvalue weighted by molar-refractivity contribution is 7.86. The van der Waals surface area contributed by atoms with E-state index in [9.17, 15) is 66.3 Å². The monoisotopic (exact) mass is 2110 g/mol. The Labute approximate surface area is 877 Å². The molecule has 10 aliphatic rings. The standard InChI is InChI=1S/C9H12O.C8H10O3S.C7H14.C7H8.C7H14.2C6H13NO.C6H12O.C6H12.C5H11NO.C5H10.C5H12.C4H9ClO.C4H6F2.C4H7F.C4H9N.C4H8.2C4H10.2C3H5F3.C3H8O.C2H4F2/c1-3-8-4-6-9(10-2)7-5-8;1-7-3-5-8(6-4-7)12(9,10)11-2;2*1-7-5-3-2-4-6-7;1-2-7-5-3-4-6-7;2*1-5(8)7-6(2,3)4;1-6-2-4-7-5-3-6;1-6-4-2-3-5-6;1-6-2-4-7-5-3-6;1-5-3-2-4-5;1-5(2,3)4;1-4(2-5)3-6;1-3-2-4(3,5)6;1-4(5)2-3-4;1-5-4-2-3-4;1-4-2-3-4;1-4(2)3;1-3-4-2;2*1-2-3(4,5)6;1-2-3-4;1-2(3)4/h4-7H,3H2,1-2H3;3-6H,1-2H3;7H,2-6H2,1H3;2-6H,1H3;7H,2-6H2,1H3;2*1-4H3,(H,7,8);6H,2-5H2,1H3;6H,2-5H2,1H3;2-5H2,1H3;5H,2-4H2,1H3;1-4H3;4,6H,2-3H2,1H3;3H,2H2,1H3;2-3H2,1H3;4-5H,2-3H2,1H3;4H,2-3H2,1H3;4H,1-3H3;3-4H2,1-2H3;2*2H2,1H3;4H,2-3H2,1H3;2H,1H3/t;;;;;;;;;;;;;3-;;;;;;;;;/m.............0........./s1. The van der Waals surface area contributed by atoms with Crippen molar-refractivity contribution in [1.29, 1.82) is 0 Å². The number of carbonyl (C=O) groups excluding carboxylic acids is 2. The van der Waals surface area contributed by atoms with Gasteiger partial charge < -0.3 is 45.3 Å². The Balaban J connectivity index is -0.000000163. The molecule has 856 valence electrons. The Bertz CT molecular complexity index is 3100. The van der Waals surface area contributed by atoms with Gasteiger partial charge in [0.15, 0.2) is 0 Å². The average Bonchev–Trinajstić information content (AvgIpc) is 1.66. The predicted molar refractivity (Wildman–Crippen MR) is 592 cm³/mol. The number of aliphatic hydroxyl groups is 2. The van der Waals surface area contributed by atoms with Crippen LogP contribution in [-0.4, -0.2) is 170 Å². The second-order valence-corrected chi connectivity index (χ2v) is 45.5. The Morgan fingerprint density at radius 3 is 0.965 bits per heavy atom. The van der Waals surface area contributed by atoms with E-state index in [2.05, 4.69) is 174 Å². The number of amides is 2. The van der Waals surface area contributed by atoms with Crippen molar-refractivity contribution in [3.63, 3.8) is 0 Å². The zero-order valence-electron chi connectivity index (χ0n) is 97.9. The maximum atomic E-state index is 11.8. The largest absolute Gasteiger partial charge is 0.497 e. The van der Waals surface area contributed by atoms with Crippen LogP contribution >= 0.6 is 11.6 Å². The molecule has 2 aliphatic heterocycles. The van der Waals surface area contributed by atoms with Crippen LogP contribution in [0.15, 0.2) is 83.8 Å². The first-order chi connectivity index (χ1) is 65.9. The van der Waals surface area contributed by atoms with Crippen molar-refractivity contribution in [2.24, 2.45) is 58.7 Å². The number of carbonyl (C=O) groups is 2. The second kappa shape index (κ2) is 98.3. The van der Waals surface area contributed by atoms with E-state index in [1.807, 2.05) is 99.7 Å². The molecule has 5 N–H and O–H groups in total. The van der Waals surface area contributed by atoms with Crippen molar-refractivity contribution in [3.8, 4) is 5.75 Å². The van der Waals surface area contributed by atoms with Gasteiger partial charge in [-0.05, 0) is 217 Å². The third kappa shape index (κ3) is 158. The van der Waals surface area contributed by atoms with Crippen molar-refractivity contribution in [2.75, 3.05) is 86.9 Å². The molecule has 0 radical (unpaired) electrons. The summed E-state index contributed by atoms with van der Waals surface area (Å²) in [4.78, 5) is 23.2. The van der Waals surface area contributed by atoms with Gasteiger partial charge in [-0.1, -0.05) is 346 Å². The average molecular weight is 2110 g/mol. The van der Waals surface area contributed by atoms with Crippen molar-refractivity contribution in [2.45, 2.75) is 486 Å². The summed E-state index contributed by atoms with van der Waals surface area (Å²) >= 11 is 5.29. The van der Waals surface area contributed by atoms with Crippen molar-refractivity contribution >= 4 is 33.5 Å². The first-order valence-corrected chi connectivity index (χ1v) is 55.7. The molecule has 3 aromatic rings. The molecule has 13 rings (SSSR count). The zero-order chi connectivity index (χ0) is 113. The van der Waals surface area contributed by atoms with Gasteiger partial charge in [0, 0.05) is 102 Å². The van der Waals surface area contributed by atoms with Crippen LogP contribution in [0.5, 0.6) is 5.75 Å². The van der Waals surface area contributed by atoms with Gasteiger partial charge in [0.05, 0.1) is 32.3 Å². The number of benzene rings is 3. The van der Waals surface area contributed by atoms with Crippen LogP contribution in [0.2, 0.25) is 0 Å². The Morgan fingerprint density at radius 1 is 0.524 bits per heavy atom. The summed E-state index contributed by atoms with van der Waals surface area (Å²) in [5.41, 5.74) is 3.28. The number of nitrogens with zero attached hydrogens (tertiary/aromatic N) is 1. The lowest BCUT2D eigenvalue weighted by Gasteiger charge is -2.21. The number of aryl methyl sites for hydroxylation is 3. The first kappa shape index (κ1) is 159. The van der Waals surface area contributed by atoms with E-state index in [0.717, 1.165) is 152 Å². The van der Waals surface area contributed by atoms with Crippen LogP contribution in [-0.2, 0) is 39.8 Å². The predicted octanol–water partition coefficient (Wildman–Crippen LogP) is 34.9. The van der Waals surface area contributed by atoms with Crippen LogP contribution in [0.3, 0.4) is 0 Å². The van der Waals surface area contributed by atoms with E-state index in [0.29, 0.717) is 17.9 Å². The highest BCUT2D eigenvalue weighted by Crippen LogP contribution is 2.48. The van der Waals surface area contributed by atoms with E-state index >= 15 is 0 Å². The fourth-order valence-corrected chi connectivity index (χ4v) is 11.1. The molecule has 1 unspecified atom stereocenters. The lowest BCUT2D eigenvalue weighted by Crippen LogP contribution is -2.38. The second-order valence-electron chi connectivity index (χ2n) is 43.5. The molecule has 8 saturated carbocycles. The highest BCUT2D eigenvalue weighted by atomic mass is 35.5. The number of alkyl halides is 12. The number of methoxy groups -OCH3 is 1. The molecular formula is C116H222ClF11N4O10S. The van der Waals surface area contributed by atoms with Crippen LogP contribution in [0, 0.1) is 72.5 Å². The number of hydrogen-bond acceptors (Lipinski definition) is 12. The lowest BCUT2D eigenvalue weighted by atomic mass is 9.88. The third-order valence-electron chi connectivity index (χ3n) is 20.9. The summed E-state index contributed by atoms with van der Waals surface area (Å²) in [6, 6.07) is 25.8. The Kier molecular flexibility index (Phi) is 109. The highest BCUT2D eigenvalue weighted by Gasteiger charge is 2.53. The summed E-state index contributed by atoms with van der Waals surface area (Å²) in [5.74, 6) is 6.23. The lowest BCUT2D eigenvalue weighted by molar-refractivity contribution is -0.131. The van der Waals surface area contributed by atoms with Crippen molar-refractivity contribution in [3.05, 3.63) is 95.6 Å². The Hall–Kier alpha value is -4.41. The SMILES string of the molecule is CC(=O)NC(C)(C)C.CC(=O)NC(C)(C)C.CC(C)(C)C.CC(C)C.CC(CO)CCl.CC(F)F.CC1(F)CC1.CC1CC1.CC1CCC1.CC1CCCC1.CC1CCCCC1.CC1CCOCC1.CCC(F)(F)F.CCC(F)(F)F.CCC1CCCC1.CCCC.CCCO.CCc1ccc(OC)cc1.CN1CCOCC1.CNC1CC1.COS(=O)(=O)c1ccc(C)cc1.C[C@H]1CC1(F)F.Cc1ccccc1. The minimum Gasteiger partial charge on any atom is -0.497 e. The fourth-order valence-electron chi connectivity index (χ4n) is 10.3. The molecule has 3 aromatic carbocycles. The molecule has 2 atom stereocenters. The number of likely N-dealkylation sites (N-methyl/N-ethyl adjacent to an activating group) is 1. The van der Waals surface area contributed by atoms with E-state index in [4.69, 9.17) is 36.0 Å². The molecule has 10 fully saturated rings. The maximum absolute atomic E-state index is 11.8. The molecule has 2 amide bonds. The minimum absolute atomic E-state index is 0.0255.